The van der Waals surface area contributed by atoms with Crippen LogP contribution in [0.4, 0.5) is 10.2 Å². The van der Waals surface area contributed by atoms with E-state index in [1.54, 1.807) is 19.3 Å². The highest BCUT2D eigenvalue weighted by atomic mass is 19.1. The fraction of sp³-hybridized carbons (Fsp3) is 0.250. The van der Waals surface area contributed by atoms with Crippen molar-refractivity contribution in [2.75, 3.05) is 19.6 Å². The largest absolute Gasteiger partial charge is 0.493 e. The molecule has 0 unspecified atom stereocenters. The van der Waals surface area contributed by atoms with Gasteiger partial charge in [-0.15, -0.1) is 0 Å². The molecule has 0 amide bonds. The minimum atomic E-state index is -0.601. The Morgan fingerprint density at radius 2 is 2.21 bits per heavy atom. The maximum atomic E-state index is 14.3. The molecule has 1 aromatic carbocycles. The maximum absolute atomic E-state index is 14.3. The first kappa shape index (κ1) is 11.6. The Morgan fingerprint density at radius 3 is 2.84 bits per heavy atom. The van der Waals surface area contributed by atoms with Crippen LogP contribution < -0.4 is 19.9 Å². The van der Waals surface area contributed by atoms with Crippen molar-refractivity contribution in [3.05, 3.63) is 18.1 Å². The van der Waals surface area contributed by atoms with E-state index in [1.165, 1.54) is 11.8 Å². The smallest absolute Gasteiger partial charge is 0.231 e. The Balaban J connectivity index is 2.26. The number of nitrogens with two attached hydrogens (primary N) is 1. The number of aryl methyl sites for hydroxylation is 1. The SMILES string of the molecule is COc1c(-c2cnn(C)c2N)cc2c(c1F)OCO2. The lowest BCUT2D eigenvalue weighted by Gasteiger charge is -2.11. The first-order valence-corrected chi connectivity index (χ1v) is 5.57. The standard InChI is InChI=1S/C12H12FN3O3/c1-16-12(14)7(4-15-16)6-3-8-11(19-5-18-8)9(13)10(6)17-2/h3-4H,5,14H2,1-2H3. The van der Waals surface area contributed by atoms with E-state index < -0.39 is 5.82 Å². The molecule has 0 saturated carbocycles. The molecule has 0 saturated heterocycles. The van der Waals surface area contributed by atoms with Crippen LogP contribution in [-0.2, 0) is 7.05 Å². The minimum Gasteiger partial charge on any atom is -0.493 e. The van der Waals surface area contributed by atoms with Crippen molar-refractivity contribution >= 4 is 5.82 Å². The molecule has 7 heteroatoms. The van der Waals surface area contributed by atoms with Crippen molar-refractivity contribution in [3.63, 3.8) is 0 Å². The summed E-state index contributed by atoms with van der Waals surface area (Å²) in [6, 6.07) is 1.64. The van der Waals surface area contributed by atoms with Crippen LogP contribution in [0.3, 0.4) is 0 Å². The lowest BCUT2D eigenvalue weighted by Crippen LogP contribution is -1.99. The van der Waals surface area contributed by atoms with Gasteiger partial charge in [0.15, 0.2) is 11.5 Å². The summed E-state index contributed by atoms with van der Waals surface area (Å²) in [7, 11) is 3.09. The summed E-state index contributed by atoms with van der Waals surface area (Å²) in [5.41, 5.74) is 6.97. The van der Waals surface area contributed by atoms with Gasteiger partial charge in [-0.1, -0.05) is 0 Å². The van der Waals surface area contributed by atoms with Gasteiger partial charge in [0.25, 0.3) is 0 Å². The van der Waals surface area contributed by atoms with Gasteiger partial charge in [0.1, 0.15) is 5.82 Å². The number of rotatable bonds is 2. The molecule has 1 aromatic heterocycles. The second-order valence-electron chi connectivity index (χ2n) is 4.07. The van der Waals surface area contributed by atoms with E-state index in [1.807, 2.05) is 0 Å². The molecule has 2 N–H and O–H groups in total. The van der Waals surface area contributed by atoms with Gasteiger partial charge in [0.2, 0.25) is 18.4 Å². The summed E-state index contributed by atoms with van der Waals surface area (Å²) >= 11 is 0. The van der Waals surface area contributed by atoms with Crippen LogP contribution >= 0.6 is 0 Å². The molecule has 1 aliphatic rings. The number of nitrogens with zero attached hydrogens (tertiary/aromatic N) is 2. The van der Waals surface area contributed by atoms with Crippen molar-refractivity contribution in [2.24, 2.45) is 7.05 Å². The summed E-state index contributed by atoms with van der Waals surface area (Å²) < 4.78 is 31.1. The number of ether oxygens (including phenoxy) is 3. The second-order valence-corrected chi connectivity index (χ2v) is 4.07. The Morgan fingerprint density at radius 1 is 1.42 bits per heavy atom. The summed E-state index contributed by atoms with van der Waals surface area (Å²) in [6.07, 6.45) is 1.55. The van der Waals surface area contributed by atoms with E-state index in [0.29, 0.717) is 22.7 Å². The van der Waals surface area contributed by atoms with Crippen LogP contribution in [0.15, 0.2) is 12.3 Å². The van der Waals surface area contributed by atoms with Crippen LogP contribution in [0.2, 0.25) is 0 Å². The first-order chi connectivity index (χ1) is 9.13. The Bertz CT molecular complexity index is 654. The van der Waals surface area contributed by atoms with Crippen molar-refractivity contribution in [1.29, 1.82) is 0 Å². The van der Waals surface area contributed by atoms with Gasteiger partial charge in [-0.25, -0.2) is 0 Å². The van der Waals surface area contributed by atoms with Crippen LogP contribution in [0.5, 0.6) is 17.2 Å². The zero-order chi connectivity index (χ0) is 13.6. The van der Waals surface area contributed by atoms with Crippen LogP contribution in [0, 0.1) is 5.82 Å². The van der Waals surface area contributed by atoms with E-state index in [4.69, 9.17) is 19.9 Å². The summed E-state index contributed by atoms with van der Waals surface area (Å²) in [6.45, 7) is -0.0125. The van der Waals surface area contributed by atoms with Crippen molar-refractivity contribution in [2.45, 2.75) is 0 Å². The molecule has 6 nitrogen and oxygen atoms in total. The number of anilines is 1. The number of halogens is 1. The van der Waals surface area contributed by atoms with Crippen molar-refractivity contribution in [3.8, 4) is 28.4 Å². The van der Waals surface area contributed by atoms with Gasteiger partial charge >= 0.3 is 0 Å². The topological polar surface area (TPSA) is 71.5 Å². The molecule has 0 fully saturated rings. The van der Waals surface area contributed by atoms with Gasteiger partial charge in [0.05, 0.1) is 13.3 Å². The van der Waals surface area contributed by atoms with Crippen LogP contribution in [-0.4, -0.2) is 23.7 Å². The molecular weight excluding hydrogens is 253 g/mol. The molecule has 1 aliphatic heterocycles. The highest BCUT2D eigenvalue weighted by molar-refractivity contribution is 5.81. The molecule has 0 atom stereocenters. The van der Waals surface area contributed by atoms with Gasteiger partial charge in [-0.3, -0.25) is 4.68 Å². The van der Waals surface area contributed by atoms with E-state index in [9.17, 15) is 4.39 Å². The Kier molecular flexibility index (Phi) is 2.48. The number of hydrogen-bond donors (Lipinski definition) is 1. The quantitative estimate of drug-likeness (QED) is 0.891. The van der Waals surface area contributed by atoms with E-state index in [0.717, 1.165) is 0 Å². The molecule has 0 radical (unpaired) electrons. The predicted octanol–water partition coefficient (Wildman–Crippen LogP) is 1.55. The normalized spacial score (nSPS) is 12.8. The monoisotopic (exact) mass is 265 g/mol. The Hall–Kier alpha value is -2.44. The van der Waals surface area contributed by atoms with Crippen molar-refractivity contribution in [1.82, 2.24) is 9.78 Å². The third-order valence-corrected chi connectivity index (χ3v) is 3.04. The molecule has 19 heavy (non-hydrogen) atoms. The highest BCUT2D eigenvalue weighted by Crippen LogP contribution is 2.46. The van der Waals surface area contributed by atoms with E-state index >= 15 is 0 Å². The minimum absolute atomic E-state index is 0.0125. The summed E-state index contributed by atoms with van der Waals surface area (Å²) in [4.78, 5) is 0. The molecule has 0 spiro atoms. The molecule has 100 valence electrons. The number of fused-ring (bicyclic) bond motifs is 1. The van der Waals surface area contributed by atoms with Crippen LogP contribution in [0.25, 0.3) is 11.1 Å². The molecule has 3 rings (SSSR count). The number of nitrogen functional groups attached to an aromatic ring is 1. The third kappa shape index (κ3) is 1.58. The van der Waals surface area contributed by atoms with Gasteiger partial charge in [-0.2, -0.15) is 9.49 Å². The Labute approximate surface area is 108 Å². The van der Waals surface area contributed by atoms with Crippen molar-refractivity contribution < 1.29 is 18.6 Å². The highest BCUT2D eigenvalue weighted by Gasteiger charge is 2.27. The number of aromatic nitrogens is 2. The number of benzene rings is 1. The molecular formula is C12H12FN3O3. The lowest BCUT2D eigenvalue weighted by molar-refractivity contribution is 0.170. The average molecular weight is 265 g/mol. The molecule has 0 bridgehead atoms. The lowest BCUT2D eigenvalue weighted by atomic mass is 10.1. The summed E-state index contributed by atoms with van der Waals surface area (Å²) in [5, 5.41) is 4.03. The predicted molar refractivity (Wildman–Crippen MR) is 65.7 cm³/mol. The second kappa shape index (κ2) is 4.04. The van der Waals surface area contributed by atoms with Crippen LogP contribution in [0.1, 0.15) is 0 Å². The maximum Gasteiger partial charge on any atom is 0.231 e. The third-order valence-electron chi connectivity index (χ3n) is 3.04. The molecule has 2 heterocycles. The van der Waals surface area contributed by atoms with E-state index in [2.05, 4.69) is 5.10 Å². The zero-order valence-corrected chi connectivity index (χ0v) is 10.4. The molecule has 2 aromatic rings. The van der Waals surface area contributed by atoms with Gasteiger partial charge < -0.3 is 19.9 Å². The van der Waals surface area contributed by atoms with Gasteiger partial charge in [-0.05, 0) is 6.07 Å². The molecule has 0 aliphatic carbocycles. The number of methoxy groups -OCH3 is 1. The summed E-state index contributed by atoms with van der Waals surface area (Å²) in [5.74, 6) is 0.260. The fourth-order valence-corrected chi connectivity index (χ4v) is 2.04. The fourth-order valence-electron chi connectivity index (χ4n) is 2.04. The van der Waals surface area contributed by atoms with E-state index in [-0.39, 0.29) is 18.3 Å². The zero-order valence-electron chi connectivity index (χ0n) is 10.4. The first-order valence-electron chi connectivity index (χ1n) is 5.57. The number of hydrogen-bond acceptors (Lipinski definition) is 5. The average Bonchev–Trinajstić information content (AvgIpc) is 2.98. The van der Waals surface area contributed by atoms with Gasteiger partial charge in [0, 0.05) is 18.2 Å².